The van der Waals surface area contributed by atoms with Crippen LogP contribution in [0.25, 0.3) is 0 Å². The predicted octanol–water partition coefficient (Wildman–Crippen LogP) is 4.35. The van der Waals surface area contributed by atoms with Crippen molar-refractivity contribution in [2.45, 2.75) is 25.9 Å². The van der Waals surface area contributed by atoms with Crippen LogP contribution in [0.15, 0.2) is 84.9 Å². The van der Waals surface area contributed by atoms with E-state index >= 15 is 0 Å². The van der Waals surface area contributed by atoms with Crippen molar-refractivity contribution >= 4 is 0 Å². The Morgan fingerprint density at radius 1 is 0.462 bits per heavy atom. The molecule has 0 aromatic heterocycles. The van der Waals surface area contributed by atoms with Crippen LogP contribution in [-0.4, -0.2) is 13.1 Å². The maximum Gasteiger partial charge on any atom is 0.0205 e. The molecule has 2 heteroatoms. The summed E-state index contributed by atoms with van der Waals surface area (Å²) in [6.07, 6.45) is 2.14. The summed E-state index contributed by atoms with van der Waals surface area (Å²) < 4.78 is 0. The van der Waals surface area contributed by atoms with Gasteiger partial charge in [-0.1, -0.05) is 84.9 Å². The van der Waals surface area contributed by atoms with E-state index in [1.54, 1.807) is 0 Å². The van der Waals surface area contributed by atoms with Crippen LogP contribution < -0.4 is 10.6 Å². The molecule has 134 valence electrons. The van der Waals surface area contributed by atoms with Crippen molar-refractivity contribution in [2.24, 2.45) is 0 Å². The Labute approximate surface area is 157 Å². The molecule has 3 aromatic rings. The van der Waals surface area contributed by atoms with Crippen LogP contribution in [0.2, 0.25) is 0 Å². The largest absolute Gasteiger partial charge is 0.312 e. The Kier molecular flexibility index (Phi) is 7.45. The Hall–Kier alpha value is -2.42. The molecule has 0 saturated carbocycles. The molecule has 0 amide bonds. The lowest BCUT2D eigenvalue weighted by Gasteiger charge is -2.11. The zero-order chi connectivity index (χ0) is 17.9. The van der Waals surface area contributed by atoms with Gasteiger partial charge in [0.1, 0.15) is 0 Å². The number of rotatable bonds is 10. The Morgan fingerprint density at radius 3 is 1.27 bits per heavy atom. The van der Waals surface area contributed by atoms with Crippen molar-refractivity contribution in [3.8, 4) is 0 Å². The molecule has 0 heterocycles. The summed E-state index contributed by atoms with van der Waals surface area (Å²) in [7, 11) is 0. The van der Waals surface area contributed by atoms with Gasteiger partial charge in [0.15, 0.2) is 0 Å². The third-order valence-corrected chi connectivity index (χ3v) is 4.60. The van der Waals surface area contributed by atoms with Gasteiger partial charge >= 0.3 is 0 Å². The zero-order valence-electron chi connectivity index (χ0n) is 15.3. The van der Waals surface area contributed by atoms with Crippen molar-refractivity contribution in [3.63, 3.8) is 0 Å². The van der Waals surface area contributed by atoms with Crippen LogP contribution in [0.3, 0.4) is 0 Å². The molecule has 2 N–H and O–H groups in total. The standard InChI is InChI=1S/C24H28N2/c1-3-9-21(10-4-1)19-25-17-15-23-13-7-8-14-24(23)16-18-26-20-22-11-5-2-6-12-22/h1-14,25-26H,15-20H2. The lowest BCUT2D eigenvalue weighted by Crippen LogP contribution is -2.19. The van der Waals surface area contributed by atoms with Gasteiger partial charge < -0.3 is 10.6 Å². The molecule has 0 saturated heterocycles. The Balaban J connectivity index is 1.41. The molecule has 3 aromatic carbocycles. The number of nitrogens with one attached hydrogen (secondary N) is 2. The summed E-state index contributed by atoms with van der Waals surface area (Å²) >= 11 is 0. The second-order valence-corrected chi connectivity index (χ2v) is 6.59. The predicted molar refractivity (Wildman–Crippen MR) is 110 cm³/mol. The normalized spacial score (nSPS) is 10.8. The average Bonchev–Trinajstić information content (AvgIpc) is 2.71. The molecular formula is C24H28N2. The maximum absolute atomic E-state index is 3.55. The van der Waals surface area contributed by atoms with Crippen molar-refractivity contribution in [3.05, 3.63) is 107 Å². The molecule has 2 nitrogen and oxygen atoms in total. The van der Waals surface area contributed by atoms with E-state index in [0.29, 0.717) is 0 Å². The summed E-state index contributed by atoms with van der Waals surface area (Å²) in [5.74, 6) is 0. The van der Waals surface area contributed by atoms with Crippen LogP contribution in [0.4, 0.5) is 0 Å². The molecule has 0 spiro atoms. The maximum atomic E-state index is 3.55. The third kappa shape index (κ3) is 6.14. The van der Waals surface area contributed by atoms with Gasteiger partial charge in [-0.25, -0.2) is 0 Å². The van der Waals surface area contributed by atoms with E-state index < -0.39 is 0 Å². The molecule has 0 atom stereocenters. The lowest BCUT2D eigenvalue weighted by molar-refractivity contribution is 0.669. The first-order valence-corrected chi connectivity index (χ1v) is 9.48. The van der Waals surface area contributed by atoms with Crippen molar-refractivity contribution in [2.75, 3.05) is 13.1 Å². The van der Waals surface area contributed by atoms with Crippen molar-refractivity contribution in [1.29, 1.82) is 0 Å². The van der Waals surface area contributed by atoms with Crippen LogP contribution in [0, 0.1) is 0 Å². The summed E-state index contributed by atoms with van der Waals surface area (Å²) in [6, 6.07) is 30.0. The molecule has 26 heavy (non-hydrogen) atoms. The van der Waals surface area contributed by atoms with E-state index in [4.69, 9.17) is 0 Å². The molecule has 0 fully saturated rings. The second-order valence-electron chi connectivity index (χ2n) is 6.59. The van der Waals surface area contributed by atoms with Gasteiger partial charge in [0.2, 0.25) is 0 Å². The first-order chi connectivity index (χ1) is 12.9. The van der Waals surface area contributed by atoms with E-state index in [1.165, 1.54) is 22.3 Å². The fraction of sp³-hybridized carbons (Fsp3) is 0.250. The van der Waals surface area contributed by atoms with E-state index in [9.17, 15) is 0 Å². The smallest absolute Gasteiger partial charge is 0.0205 e. The van der Waals surface area contributed by atoms with Gasteiger partial charge in [-0.05, 0) is 48.2 Å². The molecule has 0 aliphatic rings. The minimum atomic E-state index is 0.932. The fourth-order valence-electron chi connectivity index (χ4n) is 3.15. The average molecular weight is 345 g/mol. The van der Waals surface area contributed by atoms with Gasteiger partial charge in [-0.3, -0.25) is 0 Å². The number of benzene rings is 3. The van der Waals surface area contributed by atoms with Gasteiger partial charge in [-0.2, -0.15) is 0 Å². The molecule has 0 aliphatic heterocycles. The Morgan fingerprint density at radius 2 is 0.846 bits per heavy atom. The van der Waals surface area contributed by atoms with Crippen LogP contribution in [-0.2, 0) is 25.9 Å². The molecule has 3 rings (SSSR count). The monoisotopic (exact) mass is 344 g/mol. The molecular weight excluding hydrogens is 316 g/mol. The Bertz CT molecular complexity index is 687. The summed E-state index contributed by atoms with van der Waals surface area (Å²) in [5, 5.41) is 7.10. The van der Waals surface area contributed by atoms with E-state index in [1.807, 2.05) is 0 Å². The van der Waals surface area contributed by atoms with Crippen molar-refractivity contribution in [1.82, 2.24) is 10.6 Å². The highest BCUT2D eigenvalue weighted by molar-refractivity contribution is 5.28. The van der Waals surface area contributed by atoms with E-state index in [-0.39, 0.29) is 0 Å². The van der Waals surface area contributed by atoms with Gasteiger partial charge in [0, 0.05) is 13.1 Å². The number of hydrogen-bond donors (Lipinski definition) is 2. The lowest BCUT2D eigenvalue weighted by atomic mass is 10.0. The number of hydrogen-bond acceptors (Lipinski definition) is 2. The summed E-state index contributed by atoms with van der Waals surface area (Å²) in [6.45, 7) is 3.87. The fourth-order valence-corrected chi connectivity index (χ4v) is 3.15. The van der Waals surface area contributed by atoms with Crippen LogP contribution in [0.5, 0.6) is 0 Å². The highest BCUT2D eigenvalue weighted by Gasteiger charge is 2.02. The highest BCUT2D eigenvalue weighted by Crippen LogP contribution is 2.10. The summed E-state index contributed by atoms with van der Waals surface area (Å²) in [4.78, 5) is 0. The second kappa shape index (κ2) is 10.5. The molecule has 0 radical (unpaired) electrons. The summed E-state index contributed by atoms with van der Waals surface area (Å²) in [5.41, 5.74) is 5.58. The molecule has 0 unspecified atom stereocenters. The van der Waals surface area contributed by atoms with Crippen molar-refractivity contribution < 1.29 is 0 Å². The van der Waals surface area contributed by atoms with Crippen LogP contribution >= 0.6 is 0 Å². The van der Waals surface area contributed by atoms with Gasteiger partial charge in [-0.15, -0.1) is 0 Å². The quantitative estimate of drug-likeness (QED) is 0.534. The third-order valence-electron chi connectivity index (χ3n) is 4.60. The molecule has 0 aliphatic carbocycles. The molecule has 0 bridgehead atoms. The SMILES string of the molecule is c1ccc(CNCCc2ccccc2CCNCc2ccccc2)cc1. The highest BCUT2D eigenvalue weighted by atomic mass is 14.8. The minimum absolute atomic E-state index is 0.932. The van der Waals surface area contributed by atoms with Gasteiger partial charge in [0.05, 0.1) is 0 Å². The first kappa shape index (κ1) is 18.4. The van der Waals surface area contributed by atoms with Gasteiger partial charge in [0.25, 0.3) is 0 Å². The van der Waals surface area contributed by atoms with E-state index in [0.717, 1.165) is 39.0 Å². The topological polar surface area (TPSA) is 24.1 Å². The van der Waals surface area contributed by atoms with E-state index in [2.05, 4.69) is 95.6 Å². The minimum Gasteiger partial charge on any atom is -0.312 e. The zero-order valence-corrected chi connectivity index (χ0v) is 15.3. The first-order valence-electron chi connectivity index (χ1n) is 9.48. The van der Waals surface area contributed by atoms with Crippen LogP contribution in [0.1, 0.15) is 22.3 Å².